The Morgan fingerprint density at radius 2 is 1.47 bits per heavy atom. The highest BCUT2D eigenvalue weighted by atomic mass is 19.4. The molecule has 6 atom stereocenters. The van der Waals surface area contributed by atoms with Gasteiger partial charge in [-0.25, -0.2) is 8.78 Å². The van der Waals surface area contributed by atoms with E-state index in [9.17, 15) is 22.0 Å². The fourth-order valence-corrected chi connectivity index (χ4v) is 6.61. The number of alkyl halides is 3. The highest BCUT2D eigenvalue weighted by molar-refractivity contribution is 5.33. The molecule has 0 spiro atoms. The zero-order valence-electron chi connectivity index (χ0n) is 17.2. The van der Waals surface area contributed by atoms with Gasteiger partial charge in [0.2, 0.25) is 5.75 Å². The van der Waals surface area contributed by atoms with Gasteiger partial charge in [-0.2, -0.15) is 0 Å². The second-order valence-corrected chi connectivity index (χ2v) is 9.40. The average Bonchev–Trinajstić information content (AvgIpc) is 2.69. The lowest BCUT2D eigenvalue weighted by molar-refractivity contribution is -0.276. The maximum atomic E-state index is 14.2. The molecule has 3 saturated carbocycles. The van der Waals surface area contributed by atoms with Crippen LogP contribution in [-0.2, 0) is 0 Å². The Labute approximate surface area is 174 Å². The van der Waals surface area contributed by atoms with Gasteiger partial charge in [0.15, 0.2) is 11.6 Å². The Hall–Kier alpha value is -1.59. The van der Waals surface area contributed by atoms with Crippen molar-refractivity contribution in [3.63, 3.8) is 0 Å². The molecule has 6 unspecified atom stereocenters. The predicted octanol–water partition coefficient (Wildman–Crippen LogP) is 7.77. The molecular formula is C24H29F5O. The Morgan fingerprint density at radius 3 is 2.07 bits per heavy atom. The van der Waals surface area contributed by atoms with Crippen LogP contribution in [0.2, 0.25) is 0 Å². The minimum atomic E-state index is -5.12. The predicted molar refractivity (Wildman–Crippen MR) is 105 cm³/mol. The summed E-state index contributed by atoms with van der Waals surface area (Å²) in [6.07, 6.45) is 8.26. The molecule has 0 amide bonds. The summed E-state index contributed by atoms with van der Waals surface area (Å²) in [6.45, 7) is 2.08. The van der Waals surface area contributed by atoms with Gasteiger partial charge in [0, 0.05) is 0 Å². The van der Waals surface area contributed by atoms with E-state index in [0.29, 0.717) is 23.3 Å². The summed E-state index contributed by atoms with van der Waals surface area (Å²) in [5, 5.41) is 0. The second-order valence-electron chi connectivity index (χ2n) is 9.40. The third-order valence-corrected chi connectivity index (χ3v) is 7.76. The van der Waals surface area contributed by atoms with E-state index >= 15 is 0 Å². The molecule has 1 aromatic rings. The van der Waals surface area contributed by atoms with Crippen LogP contribution < -0.4 is 4.74 Å². The smallest absolute Gasteiger partial charge is 0.399 e. The molecule has 0 saturated heterocycles. The van der Waals surface area contributed by atoms with E-state index in [1.54, 1.807) is 0 Å². The number of ether oxygens (including phenoxy) is 1. The van der Waals surface area contributed by atoms with Crippen LogP contribution in [0.25, 0.3) is 0 Å². The first kappa shape index (κ1) is 21.6. The monoisotopic (exact) mass is 428 g/mol. The fourth-order valence-electron chi connectivity index (χ4n) is 6.61. The molecular weight excluding hydrogens is 399 g/mol. The highest BCUT2D eigenvalue weighted by Crippen LogP contribution is 2.55. The lowest BCUT2D eigenvalue weighted by atomic mass is 9.55. The van der Waals surface area contributed by atoms with E-state index in [2.05, 4.69) is 23.8 Å². The fraction of sp³-hybridized carbons (Fsp3) is 0.667. The molecule has 3 aliphatic rings. The molecule has 0 N–H and O–H groups in total. The molecule has 1 nitrogen and oxygen atoms in total. The number of fused-ring (bicyclic) bond motifs is 3. The molecule has 4 rings (SSSR count). The van der Waals surface area contributed by atoms with Gasteiger partial charge in [-0.3, -0.25) is 0 Å². The van der Waals surface area contributed by atoms with Crippen LogP contribution in [0.15, 0.2) is 24.3 Å². The summed E-state index contributed by atoms with van der Waals surface area (Å²) in [5.41, 5.74) is 0.455. The number of benzene rings is 1. The maximum absolute atomic E-state index is 14.2. The van der Waals surface area contributed by atoms with Gasteiger partial charge in [-0.15, -0.1) is 13.2 Å². The lowest BCUT2D eigenvalue weighted by Gasteiger charge is -2.50. The Balaban J connectivity index is 1.44. The van der Waals surface area contributed by atoms with E-state index in [0.717, 1.165) is 49.7 Å². The summed E-state index contributed by atoms with van der Waals surface area (Å²) in [6, 6.07) is 2.06. The highest BCUT2D eigenvalue weighted by Gasteiger charge is 2.44. The van der Waals surface area contributed by atoms with Gasteiger partial charge in [-0.1, -0.05) is 12.2 Å². The van der Waals surface area contributed by atoms with Crippen molar-refractivity contribution in [2.24, 2.45) is 29.6 Å². The first-order valence-corrected chi connectivity index (χ1v) is 11.1. The van der Waals surface area contributed by atoms with Gasteiger partial charge in [-0.05, 0) is 111 Å². The van der Waals surface area contributed by atoms with Crippen molar-refractivity contribution in [2.45, 2.75) is 70.6 Å². The first-order valence-electron chi connectivity index (χ1n) is 11.1. The summed E-state index contributed by atoms with van der Waals surface area (Å²) >= 11 is 0. The van der Waals surface area contributed by atoms with Crippen LogP contribution >= 0.6 is 0 Å². The van der Waals surface area contributed by atoms with Crippen molar-refractivity contribution in [1.82, 2.24) is 0 Å². The van der Waals surface area contributed by atoms with Crippen molar-refractivity contribution in [3.8, 4) is 5.75 Å². The van der Waals surface area contributed by atoms with Crippen LogP contribution in [0.1, 0.15) is 69.8 Å². The summed E-state index contributed by atoms with van der Waals surface area (Å²) in [4.78, 5) is 0. The third kappa shape index (κ3) is 4.52. The third-order valence-electron chi connectivity index (χ3n) is 7.76. The van der Waals surface area contributed by atoms with E-state index in [1.165, 1.54) is 25.7 Å². The molecule has 0 heterocycles. The second kappa shape index (κ2) is 8.51. The SMILES string of the molecule is CC=CC1CCC2C(CCC3CC(c4cc(F)c(OC(F)(F)F)c(F)c4)CCC32)C1. The molecule has 0 radical (unpaired) electrons. The largest absolute Gasteiger partial charge is 0.573 e. The van der Waals surface area contributed by atoms with Crippen LogP contribution in [0, 0.1) is 41.2 Å². The minimum Gasteiger partial charge on any atom is -0.399 e. The number of allylic oxidation sites excluding steroid dienone is 2. The number of halogens is 5. The first-order chi connectivity index (χ1) is 14.2. The normalized spacial score (nSPS) is 34.5. The van der Waals surface area contributed by atoms with Gasteiger partial charge in [0.25, 0.3) is 0 Å². The molecule has 30 heavy (non-hydrogen) atoms. The molecule has 0 bridgehead atoms. The van der Waals surface area contributed by atoms with Crippen LogP contribution in [0.3, 0.4) is 0 Å². The zero-order valence-corrected chi connectivity index (χ0v) is 17.2. The van der Waals surface area contributed by atoms with Crippen LogP contribution in [-0.4, -0.2) is 6.36 Å². The summed E-state index contributed by atoms with van der Waals surface area (Å²) in [7, 11) is 0. The average molecular weight is 428 g/mol. The Kier molecular flexibility index (Phi) is 6.13. The lowest BCUT2D eigenvalue weighted by Crippen LogP contribution is -2.41. The number of rotatable bonds is 3. The quantitative estimate of drug-likeness (QED) is 0.353. The standard InChI is InChI=1S/C24H29F5O/c1-2-3-14-4-8-19-16(10-14)5-6-17-11-15(7-9-20(17)19)18-12-21(25)23(22(26)13-18)30-24(27,28)29/h2-3,12-17,19-20H,4-11H2,1H3. The van der Waals surface area contributed by atoms with Gasteiger partial charge < -0.3 is 4.74 Å². The van der Waals surface area contributed by atoms with Gasteiger partial charge in [0.05, 0.1) is 0 Å². The topological polar surface area (TPSA) is 9.23 Å². The Morgan fingerprint density at radius 1 is 0.867 bits per heavy atom. The molecule has 6 heteroatoms. The number of hydrogen-bond donors (Lipinski definition) is 0. The Bertz CT molecular complexity index is 763. The zero-order chi connectivity index (χ0) is 21.5. The molecule has 1 aromatic carbocycles. The summed E-state index contributed by atoms with van der Waals surface area (Å²) in [5.74, 6) is -0.480. The van der Waals surface area contributed by atoms with E-state index in [1.807, 2.05) is 0 Å². The van der Waals surface area contributed by atoms with Crippen molar-refractivity contribution in [2.75, 3.05) is 0 Å². The van der Waals surface area contributed by atoms with Crippen molar-refractivity contribution < 1.29 is 26.7 Å². The van der Waals surface area contributed by atoms with Crippen LogP contribution in [0.4, 0.5) is 22.0 Å². The van der Waals surface area contributed by atoms with Crippen molar-refractivity contribution in [1.29, 1.82) is 0 Å². The molecule has 3 fully saturated rings. The molecule has 0 aromatic heterocycles. The maximum Gasteiger partial charge on any atom is 0.573 e. The minimum absolute atomic E-state index is 0.00824. The molecule has 0 aliphatic heterocycles. The van der Waals surface area contributed by atoms with Crippen LogP contribution in [0.5, 0.6) is 5.75 Å². The molecule has 3 aliphatic carbocycles. The van der Waals surface area contributed by atoms with Crippen molar-refractivity contribution >= 4 is 0 Å². The van der Waals surface area contributed by atoms with Gasteiger partial charge >= 0.3 is 6.36 Å². The summed E-state index contributed by atoms with van der Waals surface area (Å²) < 4.78 is 69.0. The van der Waals surface area contributed by atoms with Crippen molar-refractivity contribution in [3.05, 3.63) is 41.5 Å². The van der Waals surface area contributed by atoms with E-state index in [-0.39, 0.29) is 5.92 Å². The number of hydrogen-bond acceptors (Lipinski definition) is 1. The van der Waals surface area contributed by atoms with E-state index < -0.39 is 23.7 Å². The molecule has 166 valence electrons. The van der Waals surface area contributed by atoms with E-state index in [4.69, 9.17) is 0 Å². The van der Waals surface area contributed by atoms with Gasteiger partial charge in [0.1, 0.15) is 0 Å².